The number of alkyl halides is 7. The van der Waals surface area contributed by atoms with Crippen LogP contribution in [0.2, 0.25) is 0 Å². The van der Waals surface area contributed by atoms with Crippen molar-refractivity contribution in [2.75, 3.05) is 25.3 Å². The number of carbonyl (C=O) groups is 3. The molecule has 18 heteroatoms. The second-order valence-electron chi connectivity index (χ2n) is 9.12. The van der Waals surface area contributed by atoms with Crippen molar-refractivity contribution in [3.05, 3.63) is 108 Å². The van der Waals surface area contributed by atoms with Crippen LogP contribution in [0.3, 0.4) is 0 Å². The third-order valence-corrected chi connectivity index (χ3v) is 6.49. The fraction of sp³-hybridized carbons (Fsp3) is 0.167. The predicted molar refractivity (Wildman–Crippen MR) is 162 cm³/mol. The Morgan fingerprint density at radius 1 is 0.812 bits per heavy atom. The summed E-state index contributed by atoms with van der Waals surface area (Å²) in [6, 6.07) is 9.18. The molecule has 2 N–H and O–H groups in total. The maximum Gasteiger partial charge on any atom is 0.416 e. The van der Waals surface area contributed by atoms with Gasteiger partial charge in [-0.2, -0.15) is 26.3 Å². The lowest BCUT2D eigenvalue weighted by atomic mass is 10.1. The number of methoxy groups -OCH3 is 2. The average molecular weight is 741 g/mol. The van der Waals surface area contributed by atoms with Gasteiger partial charge >= 0.3 is 24.3 Å². The van der Waals surface area contributed by atoms with E-state index in [9.17, 15) is 40.7 Å². The minimum Gasteiger partial charge on any atom is -0.464 e. The number of esters is 2. The number of aromatic nitrogens is 5. The molecule has 3 aromatic heterocycles. The van der Waals surface area contributed by atoms with Crippen molar-refractivity contribution in [3.63, 3.8) is 0 Å². The molecule has 0 unspecified atom stereocenters. The monoisotopic (exact) mass is 740 g/mol. The second kappa shape index (κ2) is 15.9. The van der Waals surface area contributed by atoms with Crippen molar-refractivity contribution in [1.29, 1.82) is 0 Å². The van der Waals surface area contributed by atoms with E-state index in [1.165, 1.54) is 67.7 Å². The van der Waals surface area contributed by atoms with Crippen LogP contribution in [-0.4, -0.2) is 61.6 Å². The minimum atomic E-state index is -4.44. The standard InChI is InChI=1S/C15H10F3N3O2.C9H6BrF3O.C6H7N3O2/c1-23-14(22)12-13-20-11(8-21(13)6-5-19-12)9-3-2-4-10(7-9)15(16,17)18;10-5-8(14)6-2-1-3-7(4-6)9(11,12)13;1-11-6(10)4-5(7)9-3-2-8-4/h2-8H,1H3;1-4H,5H2;2-3H,1H3,(H2,7,9). The van der Waals surface area contributed by atoms with Crippen molar-refractivity contribution in [2.24, 2.45) is 0 Å². The maximum atomic E-state index is 12.8. The third-order valence-electron chi connectivity index (χ3n) is 5.98. The number of nitrogen functional groups attached to an aromatic ring is 1. The van der Waals surface area contributed by atoms with Gasteiger partial charge < -0.3 is 19.6 Å². The highest BCUT2D eigenvalue weighted by Crippen LogP contribution is 2.32. The van der Waals surface area contributed by atoms with Gasteiger partial charge in [0, 0.05) is 42.1 Å². The molecule has 0 amide bonds. The Labute approximate surface area is 275 Å². The predicted octanol–water partition coefficient (Wildman–Crippen LogP) is 6.33. The Morgan fingerprint density at radius 2 is 1.38 bits per heavy atom. The van der Waals surface area contributed by atoms with E-state index < -0.39 is 35.4 Å². The van der Waals surface area contributed by atoms with Gasteiger partial charge in [0.2, 0.25) is 0 Å². The number of fused-ring (bicyclic) bond motifs is 1. The highest BCUT2D eigenvalue weighted by molar-refractivity contribution is 9.09. The first kappa shape index (κ1) is 37.1. The Hall–Kier alpha value is -5.39. The summed E-state index contributed by atoms with van der Waals surface area (Å²) in [6.45, 7) is 0. The second-order valence-corrected chi connectivity index (χ2v) is 9.68. The summed E-state index contributed by atoms with van der Waals surface area (Å²) in [7, 11) is 2.47. The molecule has 3 heterocycles. The molecule has 5 rings (SSSR count). The van der Waals surface area contributed by atoms with Gasteiger partial charge in [0.15, 0.2) is 28.6 Å². The third kappa shape index (κ3) is 9.57. The van der Waals surface area contributed by atoms with Gasteiger partial charge in [-0.25, -0.2) is 29.5 Å². The van der Waals surface area contributed by atoms with E-state index in [1.54, 1.807) is 6.20 Å². The first-order valence-electron chi connectivity index (χ1n) is 13.1. The molecule has 0 atom stereocenters. The molecule has 252 valence electrons. The molecule has 5 aromatic rings. The van der Waals surface area contributed by atoms with Crippen LogP contribution >= 0.6 is 15.9 Å². The molecule has 0 bridgehead atoms. The van der Waals surface area contributed by atoms with Gasteiger partial charge in [0.05, 0.1) is 36.4 Å². The number of Topliss-reactive ketones (excluding diaryl/α,β-unsaturated/α-hetero) is 1. The molecule has 0 spiro atoms. The average Bonchev–Trinajstić information content (AvgIpc) is 3.52. The van der Waals surface area contributed by atoms with Crippen molar-refractivity contribution in [2.45, 2.75) is 12.4 Å². The number of imidazole rings is 1. The number of anilines is 1. The van der Waals surface area contributed by atoms with Gasteiger partial charge in [0.1, 0.15) is 0 Å². The molecule has 11 nitrogen and oxygen atoms in total. The molecule has 0 radical (unpaired) electrons. The number of nitrogens with zero attached hydrogens (tertiary/aromatic N) is 5. The van der Waals surface area contributed by atoms with Crippen molar-refractivity contribution >= 4 is 45.1 Å². The summed E-state index contributed by atoms with van der Waals surface area (Å²) in [6.07, 6.45) is -1.59. The van der Waals surface area contributed by atoms with Crippen LogP contribution in [-0.2, 0) is 21.8 Å². The van der Waals surface area contributed by atoms with Crippen LogP contribution in [0.25, 0.3) is 16.9 Å². The zero-order valence-corrected chi connectivity index (χ0v) is 26.3. The van der Waals surface area contributed by atoms with Gasteiger partial charge in [0.25, 0.3) is 0 Å². The molecular formula is C30H23BrF6N6O5. The Kier molecular flexibility index (Phi) is 12.3. The summed E-state index contributed by atoms with van der Waals surface area (Å²) < 4.78 is 85.6. The maximum absolute atomic E-state index is 12.8. The Bertz CT molecular complexity index is 1920. The zero-order chi connectivity index (χ0) is 35.6. The summed E-state index contributed by atoms with van der Waals surface area (Å²) >= 11 is 2.90. The molecular weight excluding hydrogens is 718 g/mol. The molecule has 0 aliphatic carbocycles. The molecule has 0 fully saturated rings. The van der Waals surface area contributed by atoms with Gasteiger partial charge in [-0.1, -0.05) is 40.2 Å². The smallest absolute Gasteiger partial charge is 0.416 e. The van der Waals surface area contributed by atoms with Crippen molar-refractivity contribution in [1.82, 2.24) is 24.3 Å². The van der Waals surface area contributed by atoms with Gasteiger partial charge in [-0.05, 0) is 24.3 Å². The van der Waals surface area contributed by atoms with Crippen LogP contribution in [0.15, 0.2) is 79.5 Å². The van der Waals surface area contributed by atoms with E-state index >= 15 is 0 Å². The van der Waals surface area contributed by atoms with E-state index in [4.69, 9.17) is 5.73 Å². The van der Waals surface area contributed by atoms with Crippen molar-refractivity contribution < 1.29 is 50.2 Å². The van der Waals surface area contributed by atoms with Crippen LogP contribution < -0.4 is 5.73 Å². The number of rotatable bonds is 5. The lowest BCUT2D eigenvalue weighted by molar-refractivity contribution is -0.138. The Morgan fingerprint density at radius 3 is 1.96 bits per heavy atom. The number of carbonyl (C=O) groups excluding carboxylic acids is 3. The summed E-state index contributed by atoms with van der Waals surface area (Å²) in [4.78, 5) is 49.0. The van der Waals surface area contributed by atoms with Crippen LogP contribution in [0.5, 0.6) is 0 Å². The molecule has 2 aromatic carbocycles. The van der Waals surface area contributed by atoms with E-state index in [0.29, 0.717) is 11.3 Å². The van der Waals surface area contributed by atoms with Crippen LogP contribution in [0.4, 0.5) is 32.2 Å². The number of halogens is 7. The summed E-state index contributed by atoms with van der Waals surface area (Å²) in [5, 5.41) is 0.0221. The first-order valence-corrected chi connectivity index (χ1v) is 14.2. The number of ketones is 1. The highest BCUT2D eigenvalue weighted by atomic mass is 79.9. The van der Waals surface area contributed by atoms with Crippen LogP contribution in [0.1, 0.15) is 42.5 Å². The number of benzene rings is 2. The lowest BCUT2D eigenvalue weighted by Gasteiger charge is -2.07. The molecule has 0 aliphatic heterocycles. The lowest BCUT2D eigenvalue weighted by Crippen LogP contribution is -2.09. The molecule has 48 heavy (non-hydrogen) atoms. The van der Waals surface area contributed by atoms with Crippen molar-refractivity contribution in [3.8, 4) is 11.3 Å². The Balaban J connectivity index is 0.000000214. The van der Waals surface area contributed by atoms with E-state index in [-0.39, 0.29) is 39.5 Å². The number of nitrogens with two attached hydrogens (primary N) is 1. The highest BCUT2D eigenvalue weighted by Gasteiger charge is 2.31. The SMILES string of the molecule is COC(=O)c1nccn2cc(-c3cccc(C(F)(F)F)c3)nc12.COC(=O)c1nccnc1N.O=C(CBr)c1cccc(C(F)(F)F)c1. The van der Waals surface area contributed by atoms with Gasteiger partial charge in [-0.3, -0.25) is 4.79 Å². The quantitative estimate of drug-likeness (QED) is 0.0937. The molecule has 0 saturated carbocycles. The molecule has 0 saturated heterocycles. The first-order chi connectivity index (χ1) is 22.6. The fourth-order valence-electron chi connectivity index (χ4n) is 3.70. The zero-order valence-electron chi connectivity index (χ0n) is 24.7. The van der Waals surface area contributed by atoms with E-state index in [0.717, 1.165) is 24.3 Å². The number of ether oxygens (including phenoxy) is 2. The fourth-order valence-corrected chi connectivity index (χ4v) is 4.03. The largest absolute Gasteiger partial charge is 0.464 e. The van der Waals surface area contributed by atoms with E-state index in [1.807, 2.05) is 0 Å². The molecule has 0 aliphatic rings. The summed E-state index contributed by atoms with van der Waals surface area (Å²) in [5.74, 6) is -1.53. The van der Waals surface area contributed by atoms with Crippen LogP contribution in [0, 0.1) is 0 Å². The summed E-state index contributed by atoms with van der Waals surface area (Å²) in [5.41, 5.74) is 4.67. The number of hydrogen-bond acceptors (Lipinski definition) is 10. The number of hydrogen-bond donors (Lipinski definition) is 1. The minimum absolute atomic E-state index is 0.00627. The van der Waals surface area contributed by atoms with Gasteiger partial charge in [-0.15, -0.1) is 0 Å². The van der Waals surface area contributed by atoms with E-state index in [2.05, 4.69) is 45.3 Å². The normalized spacial score (nSPS) is 11.0. The topological polar surface area (TPSA) is 152 Å².